The molecule has 2 N–H and O–H groups in total. The van der Waals surface area contributed by atoms with Gasteiger partial charge in [-0.3, -0.25) is 14.5 Å². The van der Waals surface area contributed by atoms with Crippen molar-refractivity contribution in [2.45, 2.75) is 41.8 Å². The zero-order valence-corrected chi connectivity index (χ0v) is 25.4. The van der Waals surface area contributed by atoms with Crippen molar-refractivity contribution in [2.24, 2.45) is 0 Å². The number of fused-ring (bicyclic) bond motifs is 1. The zero-order valence-electron chi connectivity index (χ0n) is 23.8. The van der Waals surface area contributed by atoms with E-state index in [0.717, 1.165) is 19.2 Å². The normalized spacial score (nSPS) is 23.6. The smallest absolute Gasteiger partial charge is 0.497 e. The third-order valence-electron chi connectivity index (χ3n) is 7.94. The molecule has 45 heavy (non-hydrogen) atoms. The Morgan fingerprint density at radius 2 is 1.71 bits per heavy atom. The van der Waals surface area contributed by atoms with Crippen LogP contribution < -0.4 is 18.5 Å². The fraction of sp³-hybridized carbons (Fsp3) is 0.310. The number of β-amino-alcohol motifs (C(OH)–C–C–N with tert-alkyl or cyclic N) is 1. The van der Waals surface area contributed by atoms with Gasteiger partial charge in [-0.2, -0.15) is 0 Å². The van der Waals surface area contributed by atoms with Gasteiger partial charge in [-0.25, -0.2) is 12.7 Å². The number of ether oxygens (including phenoxy) is 3. The summed E-state index contributed by atoms with van der Waals surface area (Å²) in [4.78, 5) is 28.0. The predicted molar refractivity (Wildman–Crippen MR) is 153 cm³/mol. The lowest BCUT2D eigenvalue weighted by molar-refractivity contribution is -0.275. The molecule has 3 aromatic carbocycles. The lowest BCUT2D eigenvalue weighted by Crippen LogP contribution is -2.62. The van der Waals surface area contributed by atoms with Gasteiger partial charge in [0.25, 0.3) is 15.9 Å². The van der Waals surface area contributed by atoms with Crippen LogP contribution in [0, 0.1) is 0 Å². The Labute approximate surface area is 260 Å². The van der Waals surface area contributed by atoms with Crippen molar-refractivity contribution < 1.29 is 55.6 Å². The van der Waals surface area contributed by atoms with E-state index in [4.69, 9.17) is 21.1 Å². The van der Waals surface area contributed by atoms with E-state index in [2.05, 4.69) is 4.74 Å². The van der Waals surface area contributed by atoms with Crippen LogP contribution >= 0.6 is 11.6 Å². The van der Waals surface area contributed by atoms with Crippen molar-refractivity contribution in [1.82, 2.24) is 4.90 Å². The van der Waals surface area contributed by atoms with Crippen LogP contribution in [-0.4, -0.2) is 74.2 Å². The maximum atomic E-state index is 15.1. The highest BCUT2D eigenvalue weighted by Crippen LogP contribution is 2.57. The summed E-state index contributed by atoms with van der Waals surface area (Å²) in [6, 6.07) is 12.3. The Morgan fingerprint density at radius 1 is 1.02 bits per heavy atom. The van der Waals surface area contributed by atoms with Gasteiger partial charge >= 0.3 is 12.3 Å². The Bertz CT molecular complexity index is 1810. The van der Waals surface area contributed by atoms with Gasteiger partial charge in [0.15, 0.2) is 11.3 Å². The summed E-state index contributed by atoms with van der Waals surface area (Å²) in [5, 5.41) is 21.2. The molecular formula is C29H26ClF3N2O9S. The minimum absolute atomic E-state index is 0.00166. The molecule has 3 aromatic rings. The molecule has 11 nitrogen and oxygen atoms in total. The maximum absolute atomic E-state index is 15.1. The van der Waals surface area contributed by atoms with Crippen molar-refractivity contribution in [3.63, 3.8) is 0 Å². The number of sulfonamides is 1. The second kappa shape index (κ2) is 11.1. The van der Waals surface area contributed by atoms with E-state index < -0.39 is 62.6 Å². The standard InChI is InChI=1S/C29H26ClF3N2O9S/c1-27(26(38)39)14-17(36)15-34(27)28(19-6-4-5-7-22(19)43-3)20-12-16(30)8-10-21(20)35(25(28)37)45(40,41)24-11-9-18(42-2)13-23(24)44-29(31,32)33/h4-13,17,36H,14-15H2,1-3H3,(H,38,39)/t17-,27+,28?/m1/s1. The number of halogens is 4. The van der Waals surface area contributed by atoms with Crippen molar-refractivity contribution in [1.29, 1.82) is 0 Å². The van der Waals surface area contributed by atoms with Crippen LogP contribution in [0.3, 0.4) is 0 Å². The number of hydrogen-bond donors (Lipinski definition) is 2. The van der Waals surface area contributed by atoms with E-state index in [1.807, 2.05) is 0 Å². The van der Waals surface area contributed by atoms with Gasteiger partial charge in [-0.1, -0.05) is 29.8 Å². The number of hydrogen-bond acceptors (Lipinski definition) is 9. The van der Waals surface area contributed by atoms with Crippen LogP contribution in [0.1, 0.15) is 24.5 Å². The summed E-state index contributed by atoms with van der Waals surface area (Å²) in [6.45, 7) is 0.855. The SMILES string of the molecule is COc1ccc(S(=O)(=O)N2C(=O)C(c3ccccc3OC)(N3C[C@H](O)C[C@@]3(C)C(=O)O)c3cc(Cl)ccc32)c(OC(F)(F)F)c1. The maximum Gasteiger partial charge on any atom is 0.573 e. The van der Waals surface area contributed by atoms with E-state index in [-0.39, 0.29) is 39.8 Å². The van der Waals surface area contributed by atoms with Crippen LogP contribution in [0.25, 0.3) is 0 Å². The summed E-state index contributed by atoms with van der Waals surface area (Å²) < 4.78 is 84.1. The first-order valence-corrected chi connectivity index (χ1v) is 15.0. The number of rotatable bonds is 8. The Morgan fingerprint density at radius 3 is 2.33 bits per heavy atom. The summed E-state index contributed by atoms with van der Waals surface area (Å²) in [6.07, 6.45) is -6.95. The topological polar surface area (TPSA) is 143 Å². The number of carboxylic acids is 1. The average molecular weight is 671 g/mol. The van der Waals surface area contributed by atoms with Gasteiger partial charge in [0, 0.05) is 35.2 Å². The van der Waals surface area contributed by atoms with Gasteiger partial charge in [0.2, 0.25) is 0 Å². The van der Waals surface area contributed by atoms with Crippen molar-refractivity contribution in [3.8, 4) is 17.2 Å². The summed E-state index contributed by atoms with van der Waals surface area (Å²) >= 11 is 6.39. The zero-order chi connectivity index (χ0) is 33.1. The number of anilines is 1. The minimum atomic E-state index is -5.33. The van der Waals surface area contributed by atoms with E-state index in [9.17, 15) is 36.6 Å². The van der Waals surface area contributed by atoms with Gasteiger partial charge < -0.3 is 24.4 Å². The van der Waals surface area contributed by atoms with Crippen LogP contribution in [-0.2, 0) is 25.2 Å². The molecule has 1 amide bonds. The van der Waals surface area contributed by atoms with E-state index in [1.54, 1.807) is 6.07 Å². The molecular weight excluding hydrogens is 645 g/mol. The van der Waals surface area contributed by atoms with Crippen LogP contribution in [0.4, 0.5) is 18.9 Å². The molecule has 1 fully saturated rings. The average Bonchev–Trinajstić information content (AvgIpc) is 3.42. The molecule has 16 heteroatoms. The Kier molecular flexibility index (Phi) is 7.97. The van der Waals surface area contributed by atoms with Gasteiger partial charge in [-0.05, 0) is 43.3 Å². The predicted octanol–water partition coefficient (Wildman–Crippen LogP) is 4.14. The second-order valence-corrected chi connectivity index (χ2v) is 12.7. The first kappa shape index (κ1) is 32.3. The highest BCUT2D eigenvalue weighted by atomic mass is 35.5. The van der Waals surface area contributed by atoms with Crippen molar-refractivity contribution in [3.05, 3.63) is 76.8 Å². The van der Waals surface area contributed by atoms with Crippen LogP contribution in [0.5, 0.6) is 17.2 Å². The number of aliphatic carboxylic acids is 1. The molecule has 1 unspecified atom stereocenters. The quantitative estimate of drug-likeness (QED) is 0.359. The van der Waals surface area contributed by atoms with Crippen LogP contribution in [0.15, 0.2) is 65.6 Å². The number of benzene rings is 3. The van der Waals surface area contributed by atoms with Crippen molar-refractivity contribution in [2.75, 3.05) is 25.1 Å². The Hall–Kier alpha value is -4.05. The molecule has 240 valence electrons. The van der Waals surface area contributed by atoms with E-state index >= 15 is 4.79 Å². The fourth-order valence-electron chi connectivity index (χ4n) is 6.08. The molecule has 5 rings (SSSR count). The molecule has 0 aromatic heterocycles. The number of para-hydroxylation sites is 1. The summed E-state index contributed by atoms with van der Waals surface area (Å²) in [7, 11) is -2.83. The van der Waals surface area contributed by atoms with E-state index in [0.29, 0.717) is 10.4 Å². The number of nitrogens with zero attached hydrogens (tertiary/aromatic N) is 2. The molecule has 0 spiro atoms. The molecule has 0 radical (unpaired) electrons. The molecule has 2 aliphatic rings. The first-order chi connectivity index (χ1) is 21.0. The van der Waals surface area contributed by atoms with Crippen molar-refractivity contribution >= 4 is 39.2 Å². The molecule has 1 saturated heterocycles. The molecule has 3 atom stereocenters. The minimum Gasteiger partial charge on any atom is -0.497 e. The number of aliphatic hydroxyl groups excluding tert-OH is 1. The molecule has 0 bridgehead atoms. The number of alkyl halides is 3. The van der Waals surface area contributed by atoms with Crippen LogP contribution in [0.2, 0.25) is 5.02 Å². The highest BCUT2D eigenvalue weighted by Gasteiger charge is 2.67. The lowest BCUT2D eigenvalue weighted by Gasteiger charge is -2.45. The number of methoxy groups -OCH3 is 2. The molecule has 0 aliphatic carbocycles. The number of carbonyl (C=O) groups is 2. The summed E-state index contributed by atoms with van der Waals surface area (Å²) in [5.41, 5.74) is -4.72. The Balaban J connectivity index is 1.88. The lowest BCUT2D eigenvalue weighted by atomic mass is 9.79. The molecule has 2 heterocycles. The molecule has 0 saturated carbocycles. The third kappa shape index (κ3) is 5.03. The van der Waals surface area contributed by atoms with Gasteiger partial charge in [0.05, 0.1) is 26.0 Å². The second-order valence-electron chi connectivity index (χ2n) is 10.6. The number of carboxylic acid groups (broad SMARTS) is 1. The van der Waals surface area contributed by atoms with E-state index in [1.165, 1.54) is 55.3 Å². The number of carbonyl (C=O) groups excluding carboxylic acids is 1. The fourth-order valence-corrected chi connectivity index (χ4v) is 7.81. The monoisotopic (exact) mass is 670 g/mol. The highest BCUT2D eigenvalue weighted by molar-refractivity contribution is 7.93. The summed E-state index contributed by atoms with van der Waals surface area (Å²) in [5.74, 6) is -4.00. The number of aliphatic hydroxyl groups is 1. The largest absolute Gasteiger partial charge is 0.573 e. The third-order valence-corrected chi connectivity index (χ3v) is 9.91. The number of amides is 1. The van der Waals surface area contributed by atoms with Gasteiger partial charge in [-0.15, -0.1) is 13.2 Å². The molecule has 2 aliphatic heterocycles. The van der Waals surface area contributed by atoms with Gasteiger partial charge in [0.1, 0.15) is 21.9 Å². The first-order valence-electron chi connectivity index (χ1n) is 13.2. The number of likely N-dealkylation sites (tertiary alicyclic amines) is 1.